The summed E-state index contributed by atoms with van der Waals surface area (Å²) < 4.78 is 29.8. The molecule has 26 heavy (non-hydrogen) atoms. The van der Waals surface area contributed by atoms with Gasteiger partial charge in [-0.25, -0.2) is 8.42 Å². The van der Waals surface area contributed by atoms with Gasteiger partial charge >= 0.3 is 0 Å². The molecular formula is C18H19N5O2S. The number of hydrogen-bond donors (Lipinski definition) is 1. The molecule has 0 fully saturated rings. The number of nitrogens with one attached hydrogen (secondary N) is 1. The summed E-state index contributed by atoms with van der Waals surface area (Å²) in [5, 5.41) is 11.5. The predicted molar refractivity (Wildman–Crippen MR) is 97.9 cm³/mol. The zero-order valence-electron chi connectivity index (χ0n) is 14.6. The van der Waals surface area contributed by atoms with Crippen molar-refractivity contribution in [1.29, 1.82) is 0 Å². The van der Waals surface area contributed by atoms with E-state index in [9.17, 15) is 8.42 Å². The first-order chi connectivity index (χ1) is 12.4. The standard InChI is InChI=1S/C18H19N5O2S/c1-12-6-8-16(11-18(12)23-13(2)19-21-22-23)20-26(24,25)17-9-7-14-4-3-5-15(14)10-17/h6-11,20H,3-5H2,1-2H3. The minimum atomic E-state index is -3.65. The Kier molecular flexibility index (Phi) is 3.99. The molecule has 1 aliphatic rings. The zero-order valence-corrected chi connectivity index (χ0v) is 15.4. The third kappa shape index (κ3) is 2.96. The number of benzene rings is 2. The highest BCUT2D eigenvalue weighted by Crippen LogP contribution is 2.27. The van der Waals surface area contributed by atoms with E-state index in [-0.39, 0.29) is 0 Å². The van der Waals surface area contributed by atoms with Crippen molar-refractivity contribution < 1.29 is 8.42 Å². The van der Waals surface area contributed by atoms with Crippen LogP contribution in [0, 0.1) is 13.8 Å². The van der Waals surface area contributed by atoms with Crippen molar-refractivity contribution in [1.82, 2.24) is 20.2 Å². The van der Waals surface area contributed by atoms with Gasteiger partial charge in [-0.2, -0.15) is 4.68 Å². The number of rotatable bonds is 4. The largest absolute Gasteiger partial charge is 0.280 e. The molecule has 0 saturated heterocycles. The molecule has 3 aromatic rings. The lowest BCUT2D eigenvalue weighted by atomic mass is 10.1. The van der Waals surface area contributed by atoms with Crippen molar-refractivity contribution in [2.75, 3.05) is 4.72 Å². The summed E-state index contributed by atoms with van der Waals surface area (Å²) in [5.74, 6) is 0.631. The van der Waals surface area contributed by atoms with E-state index in [2.05, 4.69) is 20.2 Å². The first-order valence-corrected chi connectivity index (χ1v) is 9.93. The Labute approximate surface area is 152 Å². The predicted octanol–water partition coefficient (Wildman–Crippen LogP) is 2.57. The van der Waals surface area contributed by atoms with Crippen LogP contribution >= 0.6 is 0 Å². The van der Waals surface area contributed by atoms with E-state index in [1.807, 2.05) is 19.1 Å². The van der Waals surface area contributed by atoms with Gasteiger partial charge in [0.25, 0.3) is 10.0 Å². The van der Waals surface area contributed by atoms with Crippen LogP contribution in [0.15, 0.2) is 41.3 Å². The molecule has 8 heteroatoms. The average Bonchev–Trinajstić information content (AvgIpc) is 3.24. The van der Waals surface area contributed by atoms with Gasteiger partial charge in [-0.05, 0) is 84.5 Å². The SMILES string of the molecule is Cc1ccc(NS(=O)(=O)c2ccc3c(c2)CCC3)cc1-n1nnnc1C. The van der Waals surface area contributed by atoms with Gasteiger partial charge < -0.3 is 0 Å². The van der Waals surface area contributed by atoms with Crippen LogP contribution in [0.5, 0.6) is 0 Å². The molecule has 134 valence electrons. The second-order valence-electron chi connectivity index (χ2n) is 6.53. The van der Waals surface area contributed by atoms with Gasteiger partial charge in [0, 0.05) is 0 Å². The maximum Gasteiger partial charge on any atom is 0.261 e. The highest BCUT2D eigenvalue weighted by molar-refractivity contribution is 7.92. The Hall–Kier alpha value is -2.74. The van der Waals surface area contributed by atoms with Gasteiger partial charge in [0.2, 0.25) is 0 Å². The van der Waals surface area contributed by atoms with Crippen LogP contribution in [0.4, 0.5) is 5.69 Å². The van der Waals surface area contributed by atoms with Crippen molar-refractivity contribution in [2.24, 2.45) is 0 Å². The molecule has 7 nitrogen and oxygen atoms in total. The first kappa shape index (κ1) is 16.7. The lowest BCUT2D eigenvalue weighted by Gasteiger charge is -2.12. The molecule has 4 rings (SSSR count). The van der Waals surface area contributed by atoms with Gasteiger partial charge in [-0.1, -0.05) is 12.1 Å². The van der Waals surface area contributed by atoms with Crippen molar-refractivity contribution in [2.45, 2.75) is 38.0 Å². The van der Waals surface area contributed by atoms with Crippen LogP contribution in [-0.2, 0) is 22.9 Å². The molecule has 0 atom stereocenters. The first-order valence-electron chi connectivity index (χ1n) is 8.45. The molecule has 0 saturated carbocycles. The fourth-order valence-corrected chi connectivity index (χ4v) is 4.38. The summed E-state index contributed by atoms with van der Waals surface area (Å²) in [6.45, 7) is 3.72. The van der Waals surface area contributed by atoms with Gasteiger partial charge in [0.15, 0.2) is 5.82 Å². The van der Waals surface area contributed by atoms with Crippen LogP contribution in [-0.4, -0.2) is 28.6 Å². The molecule has 0 unspecified atom stereocenters. The van der Waals surface area contributed by atoms with Crippen LogP contribution in [0.1, 0.15) is 28.9 Å². The Morgan fingerprint density at radius 1 is 1.04 bits per heavy atom. The monoisotopic (exact) mass is 369 g/mol. The fourth-order valence-electron chi connectivity index (χ4n) is 3.28. The van der Waals surface area contributed by atoms with E-state index in [1.165, 1.54) is 5.56 Å². The quantitative estimate of drug-likeness (QED) is 0.763. The molecule has 1 aliphatic carbocycles. The highest BCUT2D eigenvalue weighted by atomic mass is 32.2. The lowest BCUT2D eigenvalue weighted by molar-refractivity contribution is 0.601. The molecule has 1 aromatic heterocycles. The zero-order chi connectivity index (χ0) is 18.3. The Morgan fingerprint density at radius 3 is 2.62 bits per heavy atom. The van der Waals surface area contributed by atoms with E-state index in [1.54, 1.807) is 35.9 Å². The van der Waals surface area contributed by atoms with Gasteiger partial charge in [-0.3, -0.25) is 4.72 Å². The fraction of sp³-hybridized carbons (Fsp3) is 0.278. The minimum absolute atomic E-state index is 0.291. The topological polar surface area (TPSA) is 89.8 Å². The molecule has 1 N–H and O–H groups in total. The molecule has 0 spiro atoms. The lowest BCUT2D eigenvalue weighted by Crippen LogP contribution is -2.14. The van der Waals surface area contributed by atoms with E-state index in [0.717, 1.165) is 36.1 Å². The maximum atomic E-state index is 12.8. The smallest absolute Gasteiger partial charge is 0.261 e. The number of anilines is 1. The summed E-state index contributed by atoms with van der Waals surface area (Å²) in [7, 11) is -3.65. The third-order valence-electron chi connectivity index (χ3n) is 4.70. The van der Waals surface area contributed by atoms with E-state index < -0.39 is 10.0 Å². The summed E-state index contributed by atoms with van der Waals surface area (Å²) in [6, 6.07) is 10.7. The Balaban J connectivity index is 1.68. The number of hydrogen-bond acceptors (Lipinski definition) is 5. The molecule has 0 aliphatic heterocycles. The van der Waals surface area contributed by atoms with Crippen LogP contribution in [0.3, 0.4) is 0 Å². The Morgan fingerprint density at radius 2 is 1.85 bits per heavy atom. The number of nitrogens with zero attached hydrogens (tertiary/aromatic N) is 4. The number of tetrazole rings is 1. The summed E-state index contributed by atoms with van der Waals surface area (Å²) in [4.78, 5) is 0.291. The Bertz CT molecular complexity index is 1090. The number of aromatic nitrogens is 4. The second kappa shape index (κ2) is 6.21. The second-order valence-corrected chi connectivity index (χ2v) is 8.21. The minimum Gasteiger partial charge on any atom is -0.280 e. The molecule has 0 bridgehead atoms. The molecule has 2 aromatic carbocycles. The third-order valence-corrected chi connectivity index (χ3v) is 6.07. The maximum absolute atomic E-state index is 12.8. The van der Waals surface area contributed by atoms with Gasteiger partial charge in [-0.15, -0.1) is 5.10 Å². The number of fused-ring (bicyclic) bond motifs is 1. The molecular weight excluding hydrogens is 350 g/mol. The van der Waals surface area contributed by atoms with Crippen LogP contribution < -0.4 is 4.72 Å². The summed E-state index contributed by atoms with van der Waals surface area (Å²) in [5.41, 5.74) is 4.53. The van der Waals surface area contributed by atoms with Crippen LogP contribution in [0.2, 0.25) is 0 Å². The van der Waals surface area contributed by atoms with Crippen molar-refractivity contribution in [3.8, 4) is 5.69 Å². The number of sulfonamides is 1. The van der Waals surface area contributed by atoms with Crippen LogP contribution in [0.25, 0.3) is 5.69 Å². The van der Waals surface area contributed by atoms with Crippen molar-refractivity contribution >= 4 is 15.7 Å². The molecule has 0 amide bonds. The van der Waals surface area contributed by atoms with E-state index in [0.29, 0.717) is 16.4 Å². The van der Waals surface area contributed by atoms with E-state index in [4.69, 9.17) is 0 Å². The normalized spacial score (nSPS) is 13.6. The molecule has 1 heterocycles. The van der Waals surface area contributed by atoms with E-state index >= 15 is 0 Å². The van der Waals surface area contributed by atoms with Gasteiger partial charge in [0.05, 0.1) is 16.3 Å². The van der Waals surface area contributed by atoms with Gasteiger partial charge in [0.1, 0.15) is 0 Å². The highest BCUT2D eigenvalue weighted by Gasteiger charge is 2.19. The van der Waals surface area contributed by atoms with Crippen molar-refractivity contribution in [3.05, 3.63) is 58.9 Å². The number of aryl methyl sites for hydroxylation is 4. The average molecular weight is 369 g/mol. The van der Waals surface area contributed by atoms with Crippen molar-refractivity contribution in [3.63, 3.8) is 0 Å². The molecule has 0 radical (unpaired) electrons. The summed E-state index contributed by atoms with van der Waals surface area (Å²) in [6.07, 6.45) is 3.04. The summed E-state index contributed by atoms with van der Waals surface area (Å²) >= 11 is 0.